The van der Waals surface area contributed by atoms with E-state index >= 15 is 0 Å². The number of nitrogens with one attached hydrogen (secondary N) is 1. The maximum atomic E-state index is 11.8. The van der Waals surface area contributed by atoms with Gasteiger partial charge < -0.3 is 16.3 Å². The number of benzene rings is 1. The Kier molecular flexibility index (Phi) is 4.71. The lowest BCUT2D eigenvalue weighted by Gasteiger charge is -2.15. The zero-order chi connectivity index (χ0) is 13.7. The minimum Gasteiger partial charge on any atom is -0.409 e. The van der Waals surface area contributed by atoms with Gasteiger partial charge in [0.05, 0.1) is 0 Å². The number of anilines is 1. The van der Waals surface area contributed by atoms with Crippen LogP contribution in [0.4, 0.5) is 5.69 Å². The van der Waals surface area contributed by atoms with Gasteiger partial charge in [-0.2, -0.15) is 0 Å². The lowest BCUT2D eigenvalue weighted by Crippen LogP contribution is -2.24. The van der Waals surface area contributed by atoms with Crippen molar-refractivity contribution in [3.8, 4) is 0 Å². The van der Waals surface area contributed by atoms with E-state index in [1.165, 1.54) is 0 Å². The monoisotopic (exact) mass is 249 g/mol. The molecule has 1 rings (SSSR count). The first-order valence-corrected chi connectivity index (χ1v) is 5.84. The molecule has 18 heavy (non-hydrogen) atoms. The molecule has 0 aliphatic heterocycles. The largest absolute Gasteiger partial charge is 0.409 e. The van der Waals surface area contributed by atoms with Gasteiger partial charge >= 0.3 is 0 Å². The molecule has 0 bridgehead atoms. The second-order valence-corrected chi connectivity index (χ2v) is 4.58. The second-order valence-electron chi connectivity index (χ2n) is 4.58. The van der Waals surface area contributed by atoms with Crippen LogP contribution in [0.3, 0.4) is 0 Å². The van der Waals surface area contributed by atoms with E-state index in [-0.39, 0.29) is 17.7 Å². The standard InChI is InChI=1S/C13H19N3O2/c1-8(2)9(3)13(17)15-11-6-4-10(5-7-11)12(14)16-18/h4-9,18H,1-3H3,(H2,14,16)(H,15,17). The van der Waals surface area contributed by atoms with Crippen molar-refractivity contribution in [3.05, 3.63) is 29.8 Å². The van der Waals surface area contributed by atoms with Crippen LogP contribution in [0, 0.1) is 11.8 Å². The Morgan fingerprint density at radius 3 is 2.28 bits per heavy atom. The number of amidine groups is 1. The van der Waals surface area contributed by atoms with E-state index in [0.717, 1.165) is 0 Å². The van der Waals surface area contributed by atoms with Crippen LogP contribution in [-0.4, -0.2) is 17.0 Å². The molecule has 0 radical (unpaired) electrons. The second kappa shape index (κ2) is 6.05. The van der Waals surface area contributed by atoms with Crippen LogP contribution >= 0.6 is 0 Å². The van der Waals surface area contributed by atoms with Gasteiger partial charge in [-0.1, -0.05) is 25.9 Å². The fourth-order valence-corrected chi connectivity index (χ4v) is 1.34. The van der Waals surface area contributed by atoms with Gasteiger partial charge in [0.25, 0.3) is 0 Å². The van der Waals surface area contributed by atoms with E-state index in [2.05, 4.69) is 10.5 Å². The smallest absolute Gasteiger partial charge is 0.227 e. The molecule has 0 aliphatic carbocycles. The molecule has 0 saturated heterocycles. The topological polar surface area (TPSA) is 87.7 Å². The number of oxime groups is 1. The Bertz CT molecular complexity index is 438. The molecule has 1 unspecified atom stereocenters. The van der Waals surface area contributed by atoms with Crippen molar-refractivity contribution in [1.29, 1.82) is 0 Å². The van der Waals surface area contributed by atoms with Crippen molar-refractivity contribution in [2.75, 3.05) is 5.32 Å². The van der Waals surface area contributed by atoms with E-state index < -0.39 is 0 Å². The van der Waals surface area contributed by atoms with E-state index in [0.29, 0.717) is 17.2 Å². The van der Waals surface area contributed by atoms with Crippen LogP contribution in [0.5, 0.6) is 0 Å². The molecule has 0 saturated carbocycles. The SMILES string of the molecule is CC(C)C(C)C(=O)Nc1ccc(C(N)=NO)cc1. The Morgan fingerprint density at radius 1 is 1.28 bits per heavy atom. The number of carbonyl (C=O) groups is 1. The highest BCUT2D eigenvalue weighted by Gasteiger charge is 2.16. The Labute approximate surface area is 107 Å². The summed E-state index contributed by atoms with van der Waals surface area (Å²) in [6, 6.07) is 6.81. The third-order valence-corrected chi connectivity index (χ3v) is 2.97. The van der Waals surface area contributed by atoms with Crippen LogP contribution in [0.2, 0.25) is 0 Å². The van der Waals surface area contributed by atoms with Crippen molar-refractivity contribution < 1.29 is 10.0 Å². The molecule has 0 aromatic heterocycles. The molecule has 1 aromatic carbocycles. The lowest BCUT2D eigenvalue weighted by atomic mass is 9.97. The molecule has 1 amide bonds. The lowest BCUT2D eigenvalue weighted by molar-refractivity contribution is -0.120. The van der Waals surface area contributed by atoms with Gasteiger partial charge in [-0.25, -0.2) is 0 Å². The minimum absolute atomic E-state index is 0.0125. The normalized spacial score (nSPS) is 13.4. The van der Waals surface area contributed by atoms with Crippen LogP contribution < -0.4 is 11.1 Å². The molecule has 0 fully saturated rings. The highest BCUT2D eigenvalue weighted by atomic mass is 16.4. The average Bonchev–Trinajstić information content (AvgIpc) is 2.37. The third-order valence-electron chi connectivity index (χ3n) is 2.97. The number of hydrogen-bond acceptors (Lipinski definition) is 3. The fourth-order valence-electron chi connectivity index (χ4n) is 1.34. The van der Waals surface area contributed by atoms with Crippen LogP contribution in [0.15, 0.2) is 29.4 Å². The molecule has 4 N–H and O–H groups in total. The Morgan fingerprint density at radius 2 is 1.83 bits per heavy atom. The summed E-state index contributed by atoms with van der Waals surface area (Å²) in [6.07, 6.45) is 0. The highest BCUT2D eigenvalue weighted by molar-refractivity contribution is 5.98. The van der Waals surface area contributed by atoms with Gasteiger partial charge in [-0.05, 0) is 30.2 Å². The van der Waals surface area contributed by atoms with Crippen molar-refractivity contribution in [3.63, 3.8) is 0 Å². The third kappa shape index (κ3) is 3.48. The Hall–Kier alpha value is -2.04. The van der Waals surface area contributed by atoms with Gasteiger partial charge in [0, 0.05) is 17.2 Å². The van der Waals surface area contributed by atoms with Crippen molar-refractivity contribution in [1.82, 2.24) is 0 Å². The molecule has 1 aromatic rings. The van der Waals surface area contributed by atoms with E-state index in [1.54, 1.807) is 24.3 Å². The molecule has 0 heterocycles. The molecular weight excluding hydrogens is 230 g/mol. The molecule has 0 spiro atoms. The molecule has 98 valence electrons. The quantitative estimate of drug-likeness (QED) is 0.330. The average molecular weight is 249 g/mol. The zero-order valence-electron chi connectivity index (χ0n) is 10.8. The van der Waals surface area contributed by atoms with E-state index in [1.807, 2.05) is 20.8 Å². The van der Waals surface area contributed by atoms with Crippen LogP contribution in [0.1, 0.15) is 26.3 Å². The predicted octanol–water partition coefficient (Wildman–Crippen LogP) is 2.01. The molecule has 5 nitrogen and oxygen atoms in total. The minimum atomic E-state index is -0.0475. The Balaban J connectivity index is 2.73. The van der Waals surface area contributed by atoms with Crippen LogP contribution in [0.25, 0.3) is 0 Å². The van der Waals surface area contributed by atoms with E-state index in [4.69, 9.17) is 10.9 Å². The summed E-state index contributed by atoms with van der Waals surface area (Å²) in [5.74, 6) is 0.278. The number of carbonyl (C=O) groups excluding carboxylic acids is 1. The highest BCUT2D eigenvalue weighted by Crippen LogP contribution is 2.14. The summed E-state index contributed by atoms with van der Waals surface area (Å²) in [4.78, 5) is 11.8. The summed E-state index contributed by atoms with van der Waals surface area (Å²) in [6.45, 7) is 5.91. The van der Waals surface area contributed by atoms with Crippen molar-refractivity contribution in [2.45, 2.75) is 20.8 Å². The van der Waals surface area contributed by atoms with Gasteiger partial charge in [0.15, 0.2) is 5.84 Å². The van der Waals surface area contributed by atoms with Gasteiger partial charge in [0.1, 0.15) is 0 Å². The first kappa shape index (κ1) is 14.0. The summed E-state index contributed by atoms with van der Waals surface area (Å²) in [7, 11) is 0. The first-order chi connectivity index (χ1) is 8.45. The maximum Gasteiger partial charge on any atom is 0.227 e. The number of hydrogen-bond donors (Lipinski definition) is 3. The van der Waals surface area contributed by atoms with E-state index in [9.17, 15) is 4.79 Å². The fraction of sp³-hybridized carbons (Fsp3) is 0.385. The van der Waals surface area contributed by atoms with Gasteiger partial charge in [0.2, 0.25) is 5.91 Å². The summed E-state index contributed by atoms with van der Waals surface area (Å²) in [5, 5.41) is 14.3. The molecule has 5 heteroatoms. The van der Waals surface area contributed by atoms with Crippen molar-refractivity contribution in [2.24, 2.45) is 22.7 Å². The number of rotatable bonds is 4. The molecular formula is C13H19N3O2. The first-order valence-electron chi connectivity index (χ1n) is 5.84. The van der Waals surface area contributed by atoms with Gasteiger partial charge in [-0.3, -0.25) is 4.79 Å². The maximum absolute atomic E-state index is 11.8. The van der Waals surface area contributed by atoms with Crippen LogP contribution in [-0.2, 0) is 4.79 Å². The van der Waals surface area contributed by atoms with Crippen molar-refractivity contribution >= 4 is 17.4 Å². The summed E-state index contributed by atoms with van der Waals surface area (Å²) >= 11 is 0. The summed E-state index contributed by atoms with van der Waals surface area (Å²) in [5.41, 5.74) is 6.75. The molecule has 1 atom stereocenters. The zero-order valence-corrected chi connectivity index (χ0v) is 10.8. The number of nitrogens with zero attached hydrogens (tertiary/aromatic N) is 1. The molecule has 0 aliphatic rings. The predicted molar refractivity (Wildman–Crippen MR) is 71.6 cm³/mol. The number of amides is 1. The van der Waals surface area contributed by atoms with Gasteiger partial charge in [-0.15, -0.1) is 0 Å². The summed E-state index contributed by atoms with van der Waals surface area (Å²) < 4.78 is 0. The number of nitrogens with two attached hydrogens (primary N) is 1.